The molecule has 4 unspecified atom stereocenters. The van der Waals surface area contributed by atoms with Crippen LogP contribution >= 0.6 is 0 Å². The SMILES string of the molecule is [2H]c1c([2H])c(C2C([2H])C([2H])C(c3c([2H])c([2H])c4c([2H])c([2H])c([2H])c([2H])c4c3[2H])C([2H])C2[2H])c([2H])c([2H])c1Cc1c2c([2H])c([2H])c([2H])c([2H])c2c(CCc2c([2H])c([2H])c([2H])c3c([2H])c([2H])c([2H])c([2H])c23)c2c([2H])c([2H])c([2H])c([2H])c12. The van der Waals surface area contributed by atoms with Crippen molar-refractivity contribution >= 4 is 43.1 Å². The molecule has 0 saturated heterocycles. The summed E-state index contributed by atoms with van der Waals surface area (Å²) in [7, 11) is 0. The Morgan fingerprint density at radius 2 is 0.939 bits per heavy atom. The molecule has 0 bridgehead atoms. The number of hydrogen-bond acceptors (Lipinski definition) is 0. The standard InChI is InChI=1S/C49H42/c1-2-12-41-33-42(29-28-35(41)10-1)38-26-24-37(25-27-38)36-22-20-34(21-23-36)32-49-46-18-7-5-16-44(46)48(45-17-6-8-19-47(45)49)31-30-40-14-9-13-39-11-3-4-15-43(39)40/h1-23,28-29,33,37-38H,24-27,30-32H2/i1D,2D,3D,4D,5D,6D,7D,8D,9D,10D,11D,12D,13D,14D,15D,16D,17D,18D,19D,20D,21D,22D,23D,24D,25D,26D,27D,28D,29D,33D. The Morgan fingerprint density at radius 3 is 1.61 bits per heavy atom. The lowest BCUT2D eigenvalue weighted by molar-refractivity contribution is 0.396. The van der Waals surface area contributed by atoms with Gasteiger partial charge in [0.05, 0.1) is 35.6 Å². The Labute approximate surface area is 332 Å². The molecule has 238 valence electrons. The van der Waals surface area contributed by atoms with Gasteiger partial charge < -0.3 is 0 Å². The highest BCUT2D eigenvalue weighted by molar-refractivity contribution is 6.06. The van der Waals surface area contributed by atoms with Crippen molar-refractivity contribution < 1.29 is 41.1 Å². The van der Waals surface area contributed by atoms with Gasteiger partial charge in [0.15, 0.2) is 0 Å². The van der Waals surface area contributed by atoms with Gasteiger partial charge in [0, 0.05) is 5.48 Å². The molecule has 0 spiro atoms. The van der Waals surface area contributed by atoms with Crippen LogP contribution in [0.2, 0.25) is 0 Å². The van der Waals surface area contributed by atoms with Crippen LogP contribution in [-0.4, -0.2) is 0 Å². The monoisotopic (exact) mass is 661 g/mol. The van der Waals surface area contributed by atoms with Gasteiger partial charge in [0.2, 0.25) is 0 Å². The summed E-state index contributed by atoms with van der Waals surface area (Å²) in [6.07, 6.45) is -9.26. The molecule has 0 amide bonds. The van der Waals surface area contributed by atoms with Crippen LogP contribution < -0.4 is 0 Å². The molecule has 8 aromatic rings. The van der Waals surface area contributed by atoms with Crippen molar-refractivity contribution in [3.05, 3.63) is 190 Å². The summed E-state index contributed by atoms with van der Waals surface area (Å²) in [6, 6.07) is -19.5. The molecule has 9 rings (SSSR count). The molecule has 4 atom stereocenters. The molecule has 0 heteroatoms. The molecule has 49 heavy (non-hydrogen) atoms. The van der Waals surface area contributed by atoms with Crippen molar-refractivity contribution in [3.8, 4) is 0 Å². The van der Waals surface area contributed by atoms with Gasteiger partial charge in [0.25, 0.3) is 0 Å². The Hall–Kier alpha value is -5.20. The minimum atomic E-state index is -1.89. The van der Waals surface area contributed by atoms with Gasteiger partial charge >= 0.3 is 0 Å². The van der Waals surface area contributed by atoms with E-state index >= 15 is 0 Å². The zero-order valence-corrected chi connectivity index (χ0v) is 25.6. The lowest BCUT2D eigenvalue weighted by Crippen LogP contribution is -2.12. The molecule has 0 nitrogen and oxygen atoms in total. The van der Waals surface area contributed by atoms with Crippen LogP contribution in [0, 0.1) is 0 Å². The van der Waals surface area contributed by atoms with Crippen LogP contribution in [0.25, 0.3) is 43.1 Å². The third-order valence-electron chi connectivity index (χ3n) is 8.63. The fourth-order valence-electron chi connectivity index (χ4n) is 6.24. The summed E-state index contributed by atoms with van der Waals surface area (Å²) >= 11 is 0. The average molecular weight is 661 g/mol. The smallest absolute Gasteiger partial charge is 0.0616 e. The Bertz CT molecular complexity index is 3920. The van der Waals surface area contributed by atoms with Crippen LogP contribution in [0.15, 0.2) is 157 Å². The highest BCUT2D eigenvalue weighted by Crippen LogP contribution is 2.41. The van der Waals surface area contributed by atoms with Crippen LogP contribution in [-0.2, 0) is 19.3 Å². The summed E-state index contributed by atoms with van der Waals surface area (Å²) in [5.74, 6) is -3.43. The fourth-order valence-corrected chi connectivity index (χ4v) is 6.24. The molecule has 0 heterocycles. The summed E-state index contributed by atoms with van der Waals surface area (Å²) in [5, 5.41) is -3.02. The minimum Gasteiger partial charge on any atom is -0.0616 e. The summed E-state index contributed by atoms with van der Waals surface area (Å²) < 4.78 is 267. The maximum Gasteiger partial charge on any atom is 0.0632 e. The molecule has 1 aliphatic rings. The predicted molar refractivity (Wildman–Crippen MR) is 210 cm³/mol. The Morgan fingerprint density at radius 1 is 0.429 bits per heavy atom. The molecular formula is C49H42. The topological polar surface area (TPSA) is 0 Å². The quantitative estimate of drug-likeness (QED) is 0.149. The molecule has 0 N–H and O–H groups in total. The summed E-state index contributed by atoms with van der Waals surface area (Å²) in [4.78, 5) is 0. The summed E-state index contributed by atoms with van der Waals surface area (Å²) in [5.41, 5.74) is -2.21. The van der Waals surface area contributed by atoms with Crippen molar-refractivity contribution in [2.45, 2.75) is 56.7 Å². The lowest BCUT2D eigenvalue weighted by atomic mass is 9.76. The predicted octanol–water partition coefficient (Wildman–Crippen LogP) is 13.1. The number of hydrogen-bond donors (Lipinski definition) is 0. The first-order valence-electron chi connectivity index (χ1n) is 30.8. The van der Waals surface area contributed by atoms with Gasteiger partial charge in [-0.2, -0.15) is 0 Å². The van der Waals surface area contributed by atoms with Gasteiger partial charge in [-0.05, 0) is 133 Å². The minimum absolute atomic E-state index is 0.159. The third kappa shape index (κ3) is 5.80. The van der Waals surface area contributed by atoms with Crippen LogP contribution in [0.1, 0.15) is 112 Å². The van der Waals surface area contributed by atoms with E-state index in [4.69, 9.17) is 24.7 Å². The van der Waals surface area contributed by atoms with E-state index < -0.39 is 241 Å². The van der Waals surface area contributed by atoms with Gasteiger partial charge in [0.1, 0.15) is 0 Å². The first-order chi connectivity index (χ1) is 36.8. The molecule has 1 fully saturated rings. The molecule has 8 aromatic carbocycles. The normalized spacial score (nSPS) is 31.1. The second-order valence-corrected chi connectivity index (χ2v) is 11.5. The summed E-state index contributed by atoms with van der Waals surface area (Å²) in [6.45, 7) is 0. The van der Waals surface area contributed by atoms with E-state index in [1.165, 1.54) is 0 Å². The highest BCUT2D eigenvalue weighted by Gasteiger charge is 2.24. The second kappa shape index (κ2) is 13.0. The van der Waals surface area contributed by atoms with E-state index in [1.807, 2.05) is 0 Å². The Kier molecular flexibility index (Phi) is 3.19. The van der Waals surface area contributed by atoms with E-state index in [-0.39, 0.29) is 49.0 Å². The number of aryl methyl sites for hydroxylation is 2. The lowest BCUT2D eigenvalue weighted by Gasteiger charge is -2.29. The van der Waals surface area contributed by atoms with E-state index in [9.17, 15) is 16.4 Å². The van der Waals surface area contributed by atoms with Crippen molar-refractivity contribution in [1.29, 1.82) is 0 Å². The highest BCUT2D eigenvalue weighted by atomic mass is 14.3. The fraction of sp³-hybridized carbons (Fsp3) is 0.184. The van der Waals surface area contributed by atoms with Gasteiger partial charge in [-0.1, -0.05) is 157 Å². The molecule has 0 aromatic heterocycles. The van der Waals surface area contributed by atoms with Crippen molar-refractivity contribution in [2.24, 2.45) is 0 Å². The van der Waals surface area contributed by atoms with Crippen molar-refractivity contribution in [2.75, 3.05) is 0 Å². The molecule has 0 aliphatic heterocycles. The van der Waals surface area contributed by atoms with Gasteiger partial charge in [-0.25, -0.2) is 0 Å². The first-order valence-corrected chi connectivity index (χ1v) is 15.5. The molecule has 1 aliphatic carbocycles. The van der Waals surface area contributed by atoms with E-state index in [2.05, 4.69) is 0 Å². The number of fused-ring (bicyclic) bond motifs is 4. The largest absolute Gasteiger partial charge is 0.0632 e. The van der Waals surface area contributed by atoms with Crippen LogP contribution in [0.4, 0.5) is 0 Å². The molecule has 1 saturated carbocycles. The van der Waals surface area contributed by atoms with Crippen molar-refractivity contribution in [1.82, 2.24) is 0 Å². The average Bonchev–Trinajstić information content (AvgIpc) is 3.60. The number of benzene rings is 8. The van der Waals surface area contributed by atoms with Crippen LogP contribution in [0.5, 0.6) is 0 Å². The van der Waals surface area contributed by atoms with E-state index in [1.54, 1.807) is 0 Å². The van der Waals surface area contributed by atoms with Gasteiger partial charge in [-0.15, -0.1) is 0 Å². The molecule has 0 radical (unpaired) electrons. The first kappa shape index (κ1) is 12.0. The zero-order valence-electron chi connectivity index (χ0n) is 55.6. The van der Waals surface area contributed by atoms with Gasteiger partial charge in [-0.3, -0.25) is 0 Å². The number of rotatable bonds is 7. The van der Waals surface area contributed by atoms with Crippen molar-refractivity contribution in [3.63, 3.8) is 0 Å². The molecular weight excluding hydrogens is 589 g/mol. The third-order valence-corrected chi connectivity index (χ3v) is 8.63. The second-order valence-electron chi connectivity index (χ2n) is 11.5. The Balaban J connectivity index is 1.23. The van der Waals surface area contributed by atoms with E-state index in [0.29, 0.717) is 0 Å². The zero-order chi connectivity index (χ0) is 58.7. The maximum atomic E-state index is 9.38. The maximum absolute atomic E-state index is 9.38. The van der Waals surface area contributed by atoms with E-state index in [0.717, 1.165) is 0 Å². The van der Waals surface area contributed by atoms with Crippen LogP contribution in [0.3, 0.4) is 0 Å².